The summed E-state index contributed by atoms with van der Waals surface area (Å²) in [5.74, 6) is -0.522. The van der Waals surface area contributed by atoms with Crippen LogP contribution < -0.4 is 5.56 Å². The average molecular weight is 462 g/mol. The van der Waals surface area contributed by atoms with E-state index in [1.54, 1.807) is 24.3 Å². The first-order valence-electron chi connectivity index (χ1n) is 9.57. The molecule has 0 radical (unpaired) electrons. The van der Waals surface area contributed by atoms with E-state index in [1.807, 2.05) is 0 Å². The highest BCUT2D eigenvalue weighted by atomic mass is 35.5. The van der Waals surface area contributed by atoms with Gasteiger partial charge in [0.2, 0.25) is 5.91 Å². The van der Waals surface area contributed by atoms with Crippen molar-refractivity contribution in [1.82, 2.24) is 14.5 Å². The molecule has 0 spiro atoms. The first kappa shape index (κ1) is 24.8. The van der Waals surface area contributed by atoms with Gasteiger partial charge in [-0.1, -0.05) is 23.7 Å². The lowest BCUT2D eigenvalue weighted by molar-refractivity contribution is -0.136. The Labute approximate surface area is 181 Å². The number of aryl methyl sites for hydroxylation is 1. The largest absolute Gasteiger partial charge is 0.395 e. The molecular formula is C20H23ClF3N3O4. The molecule has 0 saturated heterocycles. The molecule has 1 heterocycles. The third-order valence-corrected chi connectivity index (χ3v) is 4.73. The van der Waals surface area contributed by atoms with Crippen LogP contribution in [0.5, 0.6) is 0 Å². The third kappa shape index (κ3) is 7.64. The lowest BCUT2D eigenvalue weighted by atomic mass is 10.1. The highest BCUT2D eigenvalue weighted by Crippen LogP contribution is 2.23. The second kappa shape index (κ2) is 11.3. The highest BCUT2D eigenvalue weighted by Gasteiger charge is 2.27. The van der Waals surface area contributed by atoms with Gasteiger partial charge < -0.3 is 15.1 Å². The monoisotopic (exact) mass is 461 g/mol. The van der Waals surface area contributed by atoms with E-state index in [4.69, 9.17) is 21.8 Å². The van der Waals surface area contributed by atoms with Gasteiger partial charge in [-0.3, -0.25) is 14.2 Å². The lowest BCUT2D eigenvalue weighted by Gasteiger charge is -2.22. The van der Waals surface area contributed by atoms with Gasteiger partial charge in [-0.25, -0.2) is 4.98 Å². The van der Waals surface area contributed by atoms with E-state index in [0.29, 0.717) is 10.6 Å². The fourth-order valence-electron chi connectivity index (χ4n) is 2.97. The summed E-state index contributed by atoms with van der Waals surface area (Å²) in [5, 5.41) is 18.7. The summed E-state index contributed by atoms with van der Waals surface area (Å²) in [7, 11) is 0. The van der Waals surface area contributed by atoms with Crippen molar-refractivity contribution < 1.29 is 28.2 Å². The smallest absolute Gasteiger partial charge is 0.389 e. The van der Waals surface area contributed by atoms with Crippen LogP contribution in [0.4, 0.5) is 13.2 Å². The number of carbonyl (C=O) groups is 1. The van der Waals surface area contributed by atoms with Crippen molar-refractivity contribution in [2.45, 2.75) is 32.0 Å². The maximum atomic E-state index is 12.7. The molecule has 0 unspecified atom stereocenters. The maximum Gasteiger partial charge on any atom is 0.389 e. The molecule has 0 aliphatic carbocycles. The molecule has 2 rings (SSSR count). The maximum absolute atomic E-state index is 12.7. The molecule has 0 saturated carbocycles. The molecule has 0 aliphatic rings. The van der Waals surface area contributed by atoms with Crippen LogP contribution in [0.3, 0.4) is 0 Å². The van der Waals surface area contributed by atoms with E-state index in [9.17, 15) is 22.8 Å². The van der Waals surface area contributed by atoms with Crippen molar-refractivity contribution in [3.63, 3.8) is 0 Å². The summed E-state index contributed by atoms with van der Waals surface area (Å²) in [6.07, 6.45) is -5.87. The quantitative estimate of drug-likeness (QED) is 0.566. The molecule has 0 fully saturated rings. The van der Waals surface area contributed by atoms with Gasteiger partial charge in [-0.05, 0) is 18.6 Å². The molecule has 7 nitrogen and oxygen atoms in total. The summed E-state index contributed by atoms with van der Waals surface area (Å²) in [6, 6.07) is 7.65. The number of alkyl halides is 3. The van der Waals surface area contributed by atoms with Crippen molar-refractivity contribution in [1.29, 1.82) is 0 Å². The standard InChI is InChI=1S/C20H23ClF3N3O4/c21-15-5-3-14(4-6-15)16-12-18(30)27(13-19(31)26(8-10-28)9-11-29)17(25-16)2-1-7-20(22,23)24/h3-6,12,28-29H,1-2,7-11,13H2. The summed E-state index contributed by atoms with van der Waals surface area (Å²) in [5.41, 5.74) is 0.220. The molecule has 0 aliphatic heterocycles. The third-order valence-electron chi connectivity index (χ3n) is 4.47. The van der Waals surface area contributed by atoms with E-state index in [0.717, 1.165) is 4.57 Å². The highest BCUT2D eigenvalue weighted by molar-refractivity contribution is 6.30. The molecule has 1 aromatic heterocycles. The van der Waals surface area contributed by atoms with Crippen molar-refractivity contribution >= 4 is 17.5 Å². The van der Waals surface area contributed by atoms with E-state index in [-0.39, 0.29) is 50.7 Å². The first-order chi connectivity index (χ1) is 14.6. The minimum atomic E-state index is -4.35. The molecule has 170 valence electrons. The number of aliphatic hydroxyl groups is 2. The van der Waals surface area contributed by atoms with Crippen molar-refractivity contribution in [3.8, 4) is 11.3 Å². The number of benzene rings is 1. The number of hydrogen-bond donors (Lipinski definition) is 2. The summed E-state index contributed by atoms with van der Waals surface area (Å²) < 4.78 is 38.8. The predicted octanol–water partition coefficient (Wildman–Crippen LogP) is 2.26. The molecule has 1 amide bonds. The number of hydrogen-bond acceptors (Lipinski definition) is 5. The van der Waals surface area contributed by atoms with Crippen LogP contribution in [0.2, 0.25) is 5.02 Å². The minimum absolute atomic E-state index is 0.0444. The number of halogens is 4. The number of aromatic nitrogens is 2. The first-order valence-corrected chi connectivity index (χ1v) is 9.95. The Hall–Kier alpha value is -2.43. The van der Waals surface area contributed by atoms with Gasteiger partial charge in [0.1, 0.15) is 12.4 Å². The Balaban J connectivity index is 2.38. The minimum Gasteiger partial charge on any atom is -0.395 e. The van der Waals surface area contributed by atoms with Crippen LogP contribution in [0.25, 0.3) is 11.3 Å². The zero-order valence-electron chi connectivity index (χ0n) is 16.6. The zero-order valence-corrected chi connectivity index (χ0v) is 17.4. The molecule has 0 bridgehead atoms. The van der Waals surface area contributed by atoms with Gasteiger partial charge >= 0.3 is 6.18 Å². The fraction of sp³-hybridized carbons (Fsp3) is 0.450. The van der Waals surface area contributed by atoms with Crippen LogP contribution in [-0.4, -0.2) is 63.1 Å². The van der Waals surface area contributed by atoms with Crippen LogP contribution in [0.1, 0.15) is 18.7 Å². The molecule has 2 N–H and O–H groups in total. The van der Waals surface area contributed by atoms with Gasteiger partial charge in [-0.15, -0.1) is 0 Å². The number of carbonyl (C=O) groups excluding carboxylic acids is 1. The van der Waals surface area contributed by atoms with E-state index < -0.39 is 30.6 Å². The Morgan fingerprint density at radius 1 is 1.13 bits per heavy atom. The van der Waals surface area contributed by atoms with Gasteiger partial charge in [0.25, 0.3) is 5.56 Å². The lowest BCUT2D eigenvalue weighted by Crippen LogP contribution is -2.40. The predicted molar refractivity (Wildman–Crippen MR) is 109 cm³/mol. The zero-order chi connectivity index (χ0) is 23.0. The summed E-state index contributed by atoms with van der Waals surface area (Å²) >= 11 is 5.87. The van der Waals surface area contributed by atoms with Crippen LogP contribution in [0, 0.1) is 0 Å². The molecular weight excluding hydrogens is 439 g/mol. The van der Waals surface area contributed by atoms with Gasteiger partial charge in [-0.2, -0.15) is 13.2 Å². The topological polar surface area (TPSA) is 95.7 Å². The molecule has 0 atom stereocenters. The molecule has 31 heavy (non-hydrogen) atoms. The second-order valence-electron chi connectivity index (χ2n) is 6.79. The Morgan fingerprint density at radius 2 is 1.74 bits per heavy atom. The van der Waals surface area contributed by atoms with Crippen LogP contribution in [0.15, 0.2) is 35.1 Å². The van der Waals surface area contributed by atoms with Crippen molar-refractivity contribution in [2.24, 2.45) is 0 Å². The number of nitrogens with zero attached hydrogens (tertiary/aromatic N) is 3. The van der Waals surface area contributed by atoms with E-state index >= 15 is 0 Å². The molecule has 1 aromatic carbocycles. The van der Waals surface area contributed by atoms with Gasteiger partial charge in [0.05, 0.1) is 18.9 Å². The molecule has 2 aromatic rings. The van der Waals surface area contributed by atoms with E-state index in [1.165, 1.54) is 11.0 Å². The SMILES string of the molecule is O=C(Cn1c(CCCC(F)(F)F)nc(-c2ccc(Cl)cc2)cc1=O)N(CCO)CCO. The Bertz CT molecular complexity index is 927. The average Bonchev–Trinajstić information content (AvgIpc) is 2.69. The second-order valence-corrected chi connectivity index (χ2v) is 7.22. The van der Waals surface area contributed by atoms with Gasteiger partial charge in [0.15, 0.2) is 0 Å². The van der Waals surface area contributed by atoms with Crippen LogP contribution in [-0.2, 0) is 17.8 Å². The Morgan fingerprint density at radius 3 is 2.29 bits per heavy atom. The van der Waals surface area contributed by atoms with E-state index in [2.05, 4.69) is 4.98 Å². The summed E-state index contributed by atoms with van der Waals surface area (Å²) in [6.45, 7) is -1.24. The number of rotatable bonds is 10. The summed E-state index contributed by atoms with van der Waals surface area (Å²) in [4.78, 5) is 30.8. The Kier molecular flexibility index (Phi) is 9.02. The number of amides is 1. The fourth-order valence-corrected chi connectivity index (χ4v) is 3.09. The van der Waals surface area contributed by atoms with Crippen molar-refractivity contribution in [2.75, 3.05) is 26.3 Å². The number of aliphatic hydroxyl groups excluding tert-OH is 2. The molecule has 11 heteroatoms. The normalized spacial score (nSPS) is 11.5. The van der Waals surface area contributed by atoms with Gasteiger partial charge in [0, 0.05) is 42.6 Å². The van der Waals surface area contributed by atoms with Crippen LogP contribution >= 0.6 is 11.6 Å². The van der Waals surface area contributed by atoms with Crippen molar-refractivity contribution in [3.05, 3.63) is 51.5 Å².